The molecule has 2 aromatic heterocycles. The standard InChI is InChI=1S/C17H24N4O2/c1-12-11-15-18-8-5-14(21(15)19-12)13-6-9-20(10-7-13)16(22)23-17(2,3)4/h5,8,11,13H,6-7,9-10H2,1-4H3. The van der Waals surface area contributed by atoms with Crippen molar-refractivity contribution in [1.82, 2.24) is 19.5 Å². The molecule has 1 amide bonds. The fraction of sp³-hybridized carbons (Fsp3) is 0.588. The van der Waals surface area contributed by atoms with Crippen LogP contribution in [0.3, 0.4) is 0 Å². The van der Waals surface area contributed by atoms with Crippen molar-refractivity contribution < 1.29 is 9.53 Å². The van der Waals surface area contributed by atoms with Crippen LogP contribution in [0.4, 0.5) is 4.79 Å². The lowest BCUT2D eigenvalue weighted by Crippen LogP contribution is -2.41. The van der Waals surface area contributed by atoms with Gasteiger partial charge in [0.25, 0.3) is 0 Å². The summed E-state index contributed by atoms with van der Waals surface area (Å²) in [6, 6.07) is 4.02. The molecule has 1 aliphatic rings. The molecule has 0 atom stereocenters. The molecule has 0 unspecified atom stereocenters. The predicted molar refractivity (Wildman–Crippen MR) is 87.5 cm³/mol. The second-order valence-electron chi connectivity index (χ2n) is 7.17. The lowest BCUT2D eigenvalue weighted by Gasteiger charge is -2.33. The molecule has 2 aromatic rings. The third-order valence-electron chi connectivity index (χ3n) is 4.07. The maximum absolute atomic E-state index is 12.1. The number of carbonyl (C=O) groups excluding carboxylic acids is 1. The Bertz CT molecular complexity index is 709. The first-order valence-electron chi connectivity index (χ1n) is 8.13. The summed E-state index contributed by atoms with van der Waals surface area (Å²) in [6.45, 7) is 9.08. The van der Waals surface area contributed by atoms with Crippen LogP contribution in [0, 0.1) is 6.92 Å². The molecule has 1 fully saturated rings. The molecule has 23 heavy (non-hydrogen) atoms. The summed E-state index contributed by atoms with van der Waals surface area (Å²) in [5.41, 5.74) is 2.58. The topological polar surface area (TPSA) is 59.7 Å². The predicted octanol–water partition coefficient (Wildman–Crippen LogP) is 3.15. The van der Waals surface area contributed by atoms with Gasteiger partial charge in [0.15, 0.2) is 5.65 Å². The minimum atomic E-state index is -0.447. The molecule has 0 saturated carbocycles. The molecule has 0 bridgehead atoms. The van der Waals surface area contributed by atoms with E-state index >= 15 is 0 Å². The Morgan fingerprint density at radius 3 is 2.65 bits per heavy atom. The molecule has 1 aliphatic heterocycles. The van der Waals surface area contributed by atoms with E-state index in [9.17, 15) is 4.79 Å². The zero-order chi connectivity index (χ0) is 16.6. The van der Waals surface area contributed by atoms with Crippen LogP contribution in [0.1, 0.15) is 50.9 Å². The van der Waals surface area contributed by atoms with Crippen LogP contribution in [-0.2, 0) is 4.74 Å². The first-order valence-corrected chi connectivity index (χ1v) is 8.13. The fourth-order valence-corrected chi connectivity index (χ4v) is 3.02. The number of piperidine rings is 1. The van der Waals surface area contributed by atoms with Gasteiger partial charge in [0.1, 0.15) is 5.60 Å². The van der Waals surface area contributed by atoms with E-state index in [0.29, 0.717) is 19.0 Å². The summed E-state index contributed by atoms with van der Waals surface area (Å²) in [4.78, 5) is 18.3. The first kappa shape index (κ1) is 15.8. The Morgan fingerprint density at radius 2 is 2.00 bits per heavy atom. The highest BCUT2D eigenvalue weighted by Crippen LogP contribution is 2.28. The summed E-state index contributed by atoms with van der Waals surface area (Å²) in [6.07, 6.45) is 3.45. The van der Waals surface area contributed by atoms with Crippen molar-refractivity contribution in [3.8, 4) is 0 Å². The van der Waals surface area contributed by atoms with Gasteiger partial charge in [-0.2, -0.15) is 5.10 Å². The molecule has 0 radical (unpaired) electrons. The van der Waals surface area contributed by atoms with E-state index in [1.165, 1.54) is 5.69 Å². The van der Waals surface area contributed by atoms with Gasteiger partial charge >= 0.3 is 6.09 Å². The third kappa shape index (κ3) is 3.46. The second-order valence-corrected chi connectivity index (χ2v) is 7.17. The van der Waals surface area contributed by atoms with E-state index in [2.05, 4.69) is 10.1 Å². The number of likely N-dealkylation sites (tertiary alicyclic amines) is 1. The van der Waals surface area contributed by atoms with E-state index in [4.69, 9.17) is 4.74 Å². The molecule has 3 heterocycles. The Balaban J connectivity index is 1.70. The molecule has 0 N–H and O–H groups in total. The van der Waals surface area contributed by atoms with Gasteiger partial charge in [-0.3, -0.25) is 0 Å². The van der Waals surface area contributed by atoms with E-state index < -0.39 is 5.60 Å². The van der Waals surface area contributed by atoms with Gasteiger partial charge in [-0.1, -0.05) is 0 Å². The average Bonchev–Trinajstić information content (AvgIpc) is 2.85. The number of ether oxygens (including phenoxy) is 1. The van der Waals surface area contributed by atoms with Crippen molar-refractivity contribution in [2.24, 2.45) is 0 Å². The Kier molecular flexibility index (Phi) is 4.00. The highest BCUT2D eigenvalue weighted by atomic mass is 16.6. The molecular formula is C17H24N4O2. The lowest BCUT2D eigenvalue weighted by atomic mass is 9.93. The monoisotopic (exact) mass is 316 g/mol. The summed E-state index contributed by atoms with van der Waals surface area (Å²) in [5, 5.41) is 4.54. The van der Waals surface area contributed by atoms with Gasteiger partial charge in [0, 0.05) is 37.0 Å². The van der Waals surface area contributed by atoms with Crippen LogP contribution in [0.15, 0.2) is 18.3 Å². The van der Waals surface area contributed by atoms with E-state index in [1.807, 2.05) is 50.5 Å². The number of rotatable bonds is 1. The van der Waals surface area contributed by atoms with Crippen LogP contribution < -0.4 is 0 Å². The zero-order valence-electron chi connectivity index (χ0n) is 14.2. The smallest absolute Gasteiger partial charge is 0.410 e. The van der Waals surface area contributed by atoms with Crippen molar-refractivity contribution in [3.63, 3.8) is 0 Å². The fourth-order valence-electron chi connectivity index (χ4n) is 3.02. The van der Waals surface area contributed by atoms with Gasteiger partial charge in [-0.15, -0.1) is 0 Å². The van der Waals surface area contributed by atoms with Crippen molar-refractivity contribution in [2.75, 3.05) is 13.1 Å². The zero-order valence-corrected chi connectivity index (χ0v) is 14.2. The molecule has 1 saturated heterocycles. The summed E-state index contributed by atoms with van der Waals surface area (Å²) in [5.74, 6) is 0.387. The van der Waals surface area contributed by atoms with Gasteiger partial charge in [0.2, 0.25) is 0 Å². The summed E-state index contributed by atoms with van der Waals surface area (Å²) >= 11 is 0. The Morgan fingerprint density at radius 1 is 1.30 bits per heavy atom. The van der Waals surface area contributed by atoms with Gasteiger partial charge < -0.3 is 9.64 Å². The van der Waals surface area contributed by atoms with Crippen molar-refractivity contribution in [1.29, 1.82) is 0 Å². The number of carbonyl (C=O) groups is 1. The molecule has 124 valence electrons. The van der Waals surface area contributed by atoms with Crippen LogP contribution >= 0.6 is 0 Å². The number of amides is 1. The average molecular weight is 316 g/mol. The number of hydrogen-bond acceptors (Lipinski definition) is 4. The van der Waals surface area contributed by atoms with Gasteiger partial charge in [-0.25, -0.2) is 14.3 Å². The molecule has 0 spiro atoms. The highest BCUT2D eigenvalue weighted by Gasteiger charge is 2.28. The Labute approximate surface area is 136 Å². The minimum Gasteiger partial charge on any atom is -0.444 e. The SMILES string of the molecule is Cc1cc2nccc(C3CCN(C(=O)OC(C)(C)C)CC3)n2n1. The van der Waals surface area contributed by atoms with E-state index in [1.54, 1.807) is 4.90 Å². The largest absolute Gasteiger partial charge is 0.444 e. The van der Waals surface area contributed by atoms with Gasteiger partial charge in [0.05, 0.1) is 5.69 Å². The quantitative estimate of drug-likeness (QED) is 0.811. The number of aryl methyl sites for hydroxylation is 1. The molecular weight excluding hydrogens is 292 g/mol. The van der Waals surface area contributed by atoms with Crippen molar-refractivity contribution >= 4 is 11.7 Å². The van der Waals surface area contributed by atoms with Crippen LogP contribution in [-0.4, -0.2) is 44.3 Å². The minimum absolute atomic E-state index is 0.217. The highest BCUT2D eigenvalue weighted by molar-refractivity contribution is 5.68. The van der Waals surface area contributed by atoms with Crippen molar-refractivity contribution in [2.45, 2.75) is 52.1 Å². The number of aromatic nitrogens is 3. The Hall–Kier alpha value is -2.11. The first-order chi connectivity index (χ1) is 10.8. The molecule has 3 rings (SSSR count). The molecule has 6 heteroatoms. The second kappa shape index (κ2) is 5.83. The molecule has 6 nitrogen and oxygen atoms in total. The summed E-state index contributed by atoms with van der Waals surface area (Å²) in [7, 11) is 0. The number of hydrogen-bond donors (Lipinski definition) is 0. The van der Waals surface area contributed by atoms with Gasteiger partial charge in [-0.05, 0) is 46.6 Å². The van der Waals surface area contributed by atoms with E-state index in [0.717, 1.165) is 24.2 Å². The number of fused-ring (bicyclic) bond motifs is 1. The maximum Gasteiger partial charge on any atom is 0.410 e. The van der Waals surface area contributed by atoms with Crippen LogP contribution in [0.25, 0.3) is 5.65 Å². The summed E-state index contributed by atoms with van der Waals surface area (Å²) < 4.78 is 7.38. The van der Waals surface area contributed by atoms with Crippen molar-refractivity contribution in [3.05, 3.63) is 29.7 Å². The molecule has 0 aromatic carbocycles. The maximum atomic E-state index is 12.1. The molecule has 0 aliphatic carbocycles. The van der Waals surface area contributed by atoms with Crippen LogP contribution in [0.5, 0.6) is 0 Å². The lowest BCUT2D eigenvalue weighted by molar-refractivity contribution is 0.0203. The van der Waals surface area contributed by atoms with E-state index in [-0.39, 0.29) is 6.09 Å². The third-order valence-corrected chi connectivity index (χ3v) is 4.07. The normalized spacial score (nSPS) is 16.8. The number of nitrogens with zero attached hydrogens (tertiary/aromatic N) is 4. The van der Waals surface area contributed by atoms with Crippen LogP contribution in [0.2, 0.25) is 0 Å².